The molecule has 15 heavy (non-hydrogen) atoms. The van der Waals surface area contributed by atoms with E-state index in [1.54, 1.807) is 0 Å². The molecule has 1 aromatic rings. The van der Waals surface area contributed by atoms with Gasteiger partial charge in [0.05, 0.1) is 0 Å². The fourth-order valence-corrected chi connectivity index (χ4v) is 2.98. The Bertz CT molecular complexity index is 431. The van der Waals surface area contributed by atoms with Crippen molar-refractivity contribution in [1.82, 2.24) is 4.90 Å². The van der Waals surface area contributed by atoms with Gasteiger partial charge in [-0.25, -0.2) is 0 Å². The Hall–Kier alpha value is -0.930. The molecule has 78 valence electrons. The van der Waals surface area contributed by atoms with E-state index < -0.39 is 0 Å². The lowest BCUT2D eigenvalue weighted by molar-refractivity contribution is -0.0457. The van der Waals surface area contributed by atoms with E-state index in [4.69, 9.17) is 17.0 Å². The summed E-state index contributed by atoms with van der Waals surface area (Å²) in [4.78, 5) is 2.27. The van der Waals surface area contributed by atoms with Crippen LogP contribution in [0.2, 0.25) is 0 Å². The lowest BCUT2D eigenvalue weighted by atomic mass is 9.98. The van der Waals surface area contributed by atoms with Gasteiger partial charge >= 0.3 is 0 Å². The van der Waals surface area contributed by atoms with E-state index in [9.17, 15) is 0 Å². The Labute approximate surface area is 94.8 Å². The van der Waals surface area contributed by atoms with Crippen LogP contribution in [0.25, 0.3) is 0 Å². The van der Waals surface area contributed by atoms with Crippen molar-refractivity contribution >= 4 is 17.3 Å². The number of thiocarbonyl (C=S) groups is 1. The van der Waals surface area contributed by atoms with Crippen molar-refractivity contribution in [3.05, 3.63) is 35.4 Å². The van der Waals surface area contributed by atoms with Gasteiger partial charge in [0.2, 0.25) is 0 Å². The van der Waals surface area contributed by atoms with E-state index in [-0.39, 0.29) is 5.72 Å². The summed E-state index contributed by atoms with van der Waals surface area (Å²) >= 11 is 5.29. The summed E-state index contributed by atoms with van der Waals surface area (Å²) in [5.74, 6) is 0. The van der Waals surface area contributed by atoms with Crippen molar-refractivity contribution in [1.29, 1.82) is 0 Å². The van der Waals surface area contributed by atoms with Crippen LogP contribution in [0.5, 0.6) is 0 Å². The molecule has 1 atom stereocenters. The van der Waals surface area contributed by atoms with Crippen molar-refractivity contribution in [2.75, 3.05) is 13.6 Å². The van der Waals surface area contributed by atoms with Crippen molar-refractivity contribution in [2.45, 2.75) is 18.6 Å². The molecule has 1 unspecified atom stereocenters. The monoisotopic (exact) mass is 219 g/mol. The first-order valence-corrected chi connectivity index (χ1v) is 5.69. The largest absolute Gasteiger partial charge is 0.457 e. The molecule has 2 nitrogen and oxygen atoms in total. The minimum atomic E-state index is -0.256. The third kappa shape index (κ3) is 1.11. The summed E-state index contributed by atoms with van der Waals surface area (Å²) in [6.07, 6.45) is 2.22. The third-order valence-electron chi connectivity index (χ3n) is 3.46. The van der Waals surface area contributed by atoms with E-state index in [1.807, 2.05) is 6.07 Å². The van der Waals surface area contributed by atoms with Crippen LogP contribution in [0, 0.1) is 0 Å². The summed E-state index contributed by atoms with van der Waals surface area (Å²) in [5.41, 5.74) is 2.09. The Kier molecular flexibility index (Phi) is 1.88. The van der Waals surface area contributed by atoms with Crippen LogP contribution in [0.4, 0.5) is 0 Å². The third-order valence-corrected chi connectivity index (χ3v) is 3.76. The zero-order valence-corrected chi connectivity index (χ0v) is 9.51. The van der Waals surface area contributed by atoms with Gasteiger partial charge in [-0.1, -0.05) is 18.2 Å². The van der Waals surface area contributed by atoms with Crippen molar-refractivity contribution < 1.29 is 4.74 Å². The maximum Gasteiger partial charge on any atom is 0.194 e. The van der Waals surface area contributed by atoms with Crippen LogP contribution in [0.3, 0.4) is 0 Å². The topological polar surface area (TPSA) is 12.5 Å². The second kappa shape index (κ2) is 3.03. The van der Waals surface area contributed by atoms with Crippen molar-refractivity contribution in [3.63, 3.8) is 0 Å². The first-order valence-electron chi connectivity index (χ1n) is 5.28. The minimum absolute atomic E-state index is 0.256. The Morgan fingerprint density at radius 2 is 2.20 bits per heavy atom. The van der Waals surface area contributed by atoms with E-state index in [0.717, 1.165) is 18.5 Å². The fraction of sp³-hybridized carbons (Fsp3) is 0.417. The minimum Gasteiger partial charge on any atom is -0.457 e. The fourth-order valence-electron chi connectivity index (χ4n) is 2.66. The normalized spacial score (nSPS) is 29.5. The highest BCUT2D eigenvalue weighted by molar-refractivity contribution is 7.80. The van der Waals surface area contributed by atoms with Crippen molar-refractivity contribution in [2.24, 2.45) is 0 Å². The number of fused-ring (bicyclic) bond motifs is 2. The van der Waals surface area contributed by atoms with Gasteiger partial charge in [0, 0.05) is 24.1 Å². The molecule has 0 saturated carbocycles. The predicted molar refractivity (Wildman–Crippen MR) is 62.8 cm³/mol. The van der Waals surface area contributed by atoms with Gasteiger partial charge in [0.25, 0.3) is 0 Å². The van der Waals surface area contributed by atoms with Crippen molar-refractivity contribution in [3.8, 4) is 0 Å². The Morgan fingerprint density at radius 1 is 1.40 bits per heavy atom. The molecule has 0 aliphatic carbocycles. The molecule has 0 aromatic heterocycles. The van der Waals surface area contributed by atoms with Crippen LogP contribution in [0.1, 0.15) is 24.0 Å². The van der Waals surface area contributed by atoms with E-state index in [0.29, 0.717) is 5.05 Å². The number of rotatable bonds is 0. The Balaban J connectivity index is 2.19. The first-order chi connectivity index (χ1) is 7.24. The van der Waals surface area contributed by atoms with Gasteiger partial charge in [-0.05, 0) is 31.8 Å². The molecule has 1 spiro atoms. The second-order valence-corrected chi connectivity index (χ2v) is 4.62. The maximum absolute atomic E-state index is 5.95. The van der Waals surface area contributed by atoms with E-state index in [2.05, 4.69) is 30.1 Å². The average molecular weight is 219 g/mol. The molecule has 0 N–H and O–H groups in total. The molecule has 0 radical (unpaired) electrons. The lowest BCUT2D eigenvalue weighted by Crippen LogP contribution is -2.38. The molecule has 3 heteroatoms. The van der Waals surface area contributed by atoms with Gasteiger partial charge in [0.15, 0.2) is 10.8 Å². The molecular formula is C12H13NOS. The summed E-state index contributed by atoms with van der Waals surface area (Å²) < 4.78 is 5.95. The van der Waals surface area contributed by atoms with Gasteiger partial charge in [-0.3, -0.25) is 4.90 Å². The second-order valence-electron chi connectivity index (χ2n) is 4.24. The molecule has 1 saturated heterocycles. The first kappa shape index (κ1) is 9.31. The standard InChI is InChI=1S/C12H13NOS/c1-13-8-4-7-12(13)10-6-3-2-5-9(10)11(15)14-12/h2-3,5-6H,4,7-8H2,1H3. The highest BCUT2D eigenvalue weighted by Crippen LogP contribution is 2.45. The molecule has 2 heterocycles. The number of hydrogen-bond acceptors (Lipinski definition) is 3. The van der Waals surface area contributed by atoms with Crippen LogP contribution < -0.4 is 0 Å². The highest BCUT2D eigenvalue weighted by atomic mass is 32.1. The zero-order valence-electron chi connectivity index (χ0n) is 8.69. The van der Waals surface area contributed by atoms with Crippen LogP contribution >= 0.6 is 12.2 Å². The smallest absolute Gasteiger partial charge is 0.194 e. The number of hydrogen-bond donors (Lipinski definition) is 0. The average Bonchev–Trinajstić information content (AvgIpc) is 2.74. The quantitative estimate of drug-likeness (QED) is 0.621. The van der Waals surface area contributed by atoms with Gasteiger partial charge in [-0.2, -0.15) is 0 Å². The predicted octanol–water partition coefficient (Wildman–Crippen LogP) is 2.27. The van der Waals surface area contributed by atoms with E-state index >= 15 is 0 Å². The molecule has 1 aromatic carbocycles. The number of benzene rings is 1. The maximum atomic E-state index is 5.95. The van der Waals surface area contributed by atoms with E-state index in [1.165, 1.54) is 12.0 Å². The molecular weight excluding hydrogens is 206 g/mol. The molecule has 2 aliphatic rings. The van der Waals surface area contributed by atoms with Gasteiger partial charge in [0.1, 0.15) is 0 Å². The van der Waals surface area contributed by atoms with Crippen LogP contribution in [-0.4, -0.2) is 23.5 Å². The number of ether oxygens (including phenoxy) is 1. The number of likely N-dealkylation sites (tertiary alicyclic amines) is 1. The molecule has 2 aliphatic heterocycles. The number of nitrogens with zero attached hydrogens (tertiary/aromatic N) is 1. The van der Waals surface area contributed by atoms with Gasteiger partial charge < -0.3 is 4.74 Å². The van der Waals surface area contributed by atoms with Crippen LogP contribution in [-0.2, 0) is 10.5 Å². The SMILES string of the molecule is CN1CCCC12OC(=S)c1ccccc12. The Morgan fingerprint density at radius 3 is 2.93 bits per heavy atom. The lowest BCUT2D eigenvalue weighted by Gasteiger charge is -2.31. The molecule has 0 bridgehead atoms. The summed E-state index contributed by atoms with van der Waals surface area (Å²) in [6, 6.07) is 8.27. The molecule has 1 fully saturated rings. The molecule has 0 amide bonds. The zero-order chi connectivity index (χ0) is 10.5. The van der Waals surface area contributed by atoms with Gasteiger partial charge in [-0.15, -0.1) is 0 Å². The highest BCUT2D eigenvalue weighted by Gasteiger charge is 2.49. The summed E-state index contributed by atoms with van der Waals surface area (Å²) in [5, 5.41) is 0.652. The summed E-state index contributed by atoms with van der Waals surface area (Å²) in [7, 11) is 2.11. The summed E-state index contributed by atoms with van der Waals surface area (Å²) in [6.45, 7) is 1.08. The van der Waals surface area contributed by atoms with Crippen LogP contribution in [0.15, 0.2) is 24.3 Å². The molecule has 3 rings (SSSR count).